The number of hydrogen-bond acceptors (Lipinski definition) is 1. The third kappa shape index (κ3) is 2.78. The molecule has 0 saturated carbocycles. The number of aromatic nitrogens is 1. The van der Waals surface area contributed by atoms with Gasteiger partial charge >= 0.3 is 0 Å². The SMILES string of the molecule is CC(C)c1c(C=O)c(-c2ccc(Cl)cc2)c(-c2ccccc2)n1C. The first-order valence-electron chi connectivity index (χ1n) is 8.03. The van der Waals surface area contributed by atoms with E-state index in [0.717, 1.165) is 39.9 Å². The van der Waals surface area contributed by atoms with Crippen molar-refractivity contribution < 1.29 is 4.79 Å². The Kier molecular flexibility index (Phi) is 4.59. The number of rotatable bonds is 4. The fourth-order valence-electron chi connectivity index (χ4n) is 3.38. The van der Waals surface area contributed by atoms with Crippen molar-refractivity contribution >= 4 is 17.9 Å². The van der Waals surface area contributed by atoms with Crippen LogP contribution in [0.3, 0.4) is 0 Å². The standard InChI is InChI=1S/C21H20ClNO/c1-14(2)20-18(13-24)19(15-9-11-17(22)12-10-15)21(23(20)3)16-7-5-4-6-8-16/h4-14H,1-3H3. The third-order valence-electron chi connectivity index (χ3n) is 4.32. The molecule has 24 heavy (non-hydrogen) atoms. The number of hydrogen-bond donors (Lipinski definition) is 0. The van der Waals surface area contributed by atoms with Crippen LogP contribution in [-0.4, -0.2) is 10.9 Å². The summed E-state index contributed by atoms with van der Waals surface area (Å²) >= 11 is 6.04. The van der Waals surface area contributed by atoms with Gasteiger partial charge in [-0.15, -0.1) is 0 Å². The van der Waals surface area contributed by atoms with Crippen LogP contribution in [0.2, 0.25) is 5.02 Å². The number of benzene rings is 2. The Morgan fingerprint density at radius 1 is 0.958 bits per heavy atom. The smallest absolute Gasteiger partial charge is 0.152 e. The predicted molar refractivity (Wildman–Crippen MR) is 101 cm³/mol. The van der Waals surface area contributed by atoms with E-state index in [1.54, 1.807) is 0 Å². The number of carbonyl (C=O) groups excluding carboxylic acids is 1. The van der Waals surface area contributed by atoms with Crippen molar-refractivity contribution in [1.82, 2.24) is 4.57 Å². The second-order valence-corrected chi connectivity index (χ2v) is 6.66. The lowest BCUT2D eigenvalue weighted by atomic mass is 9.96. The summed E-state index contributed by atoms with van der Waals surface area (Å²) in [5, 5.41) is 0.688. The van der Waals surface area contributed by atoms with E-state index in [1.165, 1.54) is 0 Å². The largest absolute Gasteiger partial charge is 0.346 e. The monoisotopic (exact) mass is 337 g/mol. The zero-order valence-electron chi connectivity index (χ0n) is 14.1. The van der Waals surface area contributed by atoms with Gasteiger partial charge in [0.2, 0.25) is 0 Å². The maximum atomic E-state index is 12.0. The number of nitrogens with zero attached hydrogens (tertiary/aromatic N) is 1. The van der Waals surface area contributed by atoms with E-state index in [9.17, 15) is 4.79 Å². The van der Waals surface area contributed by atoms with Gasteiger partial charge in [0.25, 0.3) is 0 Å². The molecule has 0 spiro atoms. The van der Waals surface area contributed by atoms with Gasteiger partial charge in [-0.05, 0) is 29.2 Å². The van der Waals surface area contributed by atoms with E-state index in [4.69, 9.17) is 11.6 Å². The molecule has 0 atom stereocenters. The van der Waals surface area contributed by atoms with Crippen LogP contribution in [0.4, 0.5) is 0 Å². The third-order valence-corrected chi connectivity index (χ3v) is 4.58. The van der Waals surface area contributed by atoms with Gasteiger partial charge in [0.05, 0.1) is 5.69 Å². The predicted octanol–water partition coefficient (Wildman–Crippen LogP) is 5.95. The van der Waals surface area contributed by atoms with Gasteiger partial charge in [0, 0.05) is 28.9 Å². The quantitative estimate of drug-likeness (QED) is 0.539. The van der Waals surface area contributed by atoms with Crippen molar-refractivity contribution in [3.05, 3.63) is 70.9 Å². The molecule has 0 bridgehead atoms. The molecule has 1 aromatic heterocycles. The van der Waals surface area contributed by atoms with Gasteiger partial charge in [-0.2, -0.15) is 0 Å². The van der Waals surface area contributed by atoms with Crippen molar-refractivity contribution in [2.75, 3.05) is 0 Å². The second-order valence-electron chi connectivity index (χ2n) is 6.23. The van der Waals surface area contributed by atoms with Gasteiger partial charge < -0.3 is 4.57 Å². The zero-order valence-corrected chi connectivity index (χ0v) is 14.8. The molecule has 3 heteroatoms. The summed E-state index contributed by atoms with van der Waals surface area (Å²) in [5.41, 5.74) is 5.94. The molecule has 0 aliphatic rings. The van der Waals surface area contributed by atoms with Crippen LogP contribution in [0.5, 0.6) is 0 Å². The van der Waals surface area contributed by atoms with E-state index >= 15 is 0 Å². The summed E-state index contributed by atoms with van der Waals surface area (Å²) in [7, 11) is 2.03. The van der Waals surface area contributed by atoms with E-state index in [0.29, 0.717) is 5.02 Å². The van der Waals surface area contributed by atoms with Crippen LogP contribution in [0.25, 0.3) is 22.4 Å². The lowest BCUT2D eigenvalue weighted by Gasteiger charge is -2.11. The van der Waals surface area contributed by atoms with Gasteiger partial charge in [0.1, 0.15) is 0 Å². The second kappa shape index (κ2) is 6.66. The summed E-state index contributed by atoms with van der Waals surface area (Å²) in [6.45, 7) is 4.23. The summed E-state index contributed by atoms with van der Waals surface area (Å²) in [6, 6.07) is 17.9. The minimum Gasteiger partial charge on any atom is -0.346 e. The highest BCUT2D eigenvalue weighted by Gasteiger charge is 2.24. The van der Waals surface area contributed by atoms with Gasteiger partial charge in [0.15, 0.2) is 6.29 Å². The molecular weight excluding hydrogens is 318 g/mol. The maximum absolute atomic E-state index is 12.0. The van der Waals surface area contributed by atoms with Gasteiger partial charge in [-0.1, -0.05) is 67.9 Å². The van der Waals surface area contributed by atoms with Crippen molar-refractivity contribution in [3.8, 4) is 22.4 Å². The molecule has 1 heterocycles. The van der Waals surface area contributed by atoms with E-state index in [2.05, 4.69) is 30.5 Å². The Morgan fingerprint density at radius 3 is 2.12 bits per heavy atom. The molecule has 0 aliphatic heterocycles. The number of carbonyl (C=O) groups is 1. The maximum Gasteiger partial charge on any atom is 0.152 e. The Hall–Kier alpha value is -2.32. The van der Waals surface area contributed by atoms with E-state index in [-0.39, 0.29) is 5.92 Å². The first-order valence-corrected chi connectivity index (χ1v) is 8.41. The Balaban J connectivity index is 2.39. The average Bonchev–Trinajstić information content (AvgIpc) is 2.89. The number of halogens is 1. The van der Waals surface area contributed by atoms with E-state index in [1.807, 2.05) is 49.5 Å². The fourth-order valence-corrected chi connectivity index (χ4v) is 3.51. The summed E-state index contributed by atoms with van der Waals surface area (Å²) in [5.74, 6) is 0.249. The zero-order chi connectivity index (χ0) is 17.3. The fraction of sp³-hybridized carbons (Fsp3) is 0.190. The highest BCUT2D eigenvalue weighted by atomic mass is 35.5. The van der Waals surface area contributed by atoms with Crippen molar-refractivity contribution in [2.45, 2.75) is 19.8 Å². The molecular formula is C21H20ClNO. The first-order chi connectivity index (χ1) is 11.5. The molecule has 0 amide bonds. The molecule has 0 radical (unpaired) electrons. The van der Waals surface area contributed by atoms with Crippen LogP contribution in [0.15, 0.2) is 54.6 Å². The number of aldehydes is 1. The average molecular weight is 338 g/mol. The van der Waals surface area contributed by atoms with Crippen LogP contribution in [0.1, 0.15) is 35.8 Å². The normalized spacial score (nSPS) is 11.0. The molecule has 0 N–H and O–H groups in total. The van der Waals surface area contributed by atoms with E-state index < -0.39 is 0 Å². The summed E-state index contributed by atoms with van der Waals surface area (Å²) < 4.78 is 2.15. The van der Waals surface area contributed by atoms with Crippen molar-refractivity contribution in [1.29, 1.82) is 0 Å². The minimum absolute atomic E-state index is 0.249. The van der Waals surface area contributed by atoms with Crippen LogP contribution in [-0.2, 0) is 7.05 Å². The summed E-state index contributed by atoms with van der Waals surface area (Å²) in [4.78, 5) is 12.0. The molecule has 0 unspecified atom stereocenters. The lowest BCUT2D eigenvalue weighted by molar-refractivity contribution is 0.112. The molecule has 3 aromatic rings. The van der Waals surface area contributed by atoms with Crippen LogP contribution >= 0.6 is 11.6 Å². The van der Waals surface area contributed by atoms with Gasteiger partial charge in [-0.3, -0.25) is 4.79 Å². The molecule has 0 saturated heterocycles. The Morgan fingerprint density at radius 2 is 1.58 bits per heavy atom. The van der Waals surface area contributed by atoms with Crippen LogP contribution < -0.4 is 0 Å². The topological polar surface area (TPSA) is 22.0 Å². The first kappa shape index (κ1) is 16.5. The molecule has 2 aromatic carbocycles. The van der Waals surface area contributed by atoms with Crippen molar-refractivity contribution in [3.63, 3.8) is 0 Å². The highest BCUT2D eigenvalue weighted by Crippen LogP contribution is 2.40. The molecule has 0 aliphatic carbocycles. The summed E-state index contributed by atoms with van der Waals surface area (Å²) in [6.07, 6.45) is 0.978. The Labute approximate surface area is 147 Å². The molecule has 122 valence electrons. The highest BCUT2D eigenvalue weighted by molar-refractivity contribution is 6.30. The lowest BCUT2D eigenvalue weighted by Crippen LogP contribution is -2.02. The molecule has 3 rings (SSSR count). The van der Waals surface area contributed by atoms with Crippen LogP contribution in [0, 0.1) is 0 Å². The minimum atomic E-state index is 0.249. The Bertz CT molecular complexity index is 861. The molecule has 2 nitrogen and oxygen atoms in total. The van der Waals surface area contributed by atoms with Crippen molar-refractivity contribution in [2.24, 2.45) is 7.05 Å². The molecule has 0 fully saturated rings. The van der Waals surface area contributed by atoms with Gasteiger partial charge in [-0.25, -0.2) is 0 Å².